The number of nitrogens with one attached hydrogen (secondary N) is 1. The number of halogens is 2. The number of rotatable bonds is 6. The molecule has 1 heterocycles. The summed E-state index contributed by atoms with van der Waals surface area (Å²) in [7, 11) is 5.43. The van der Waals surface area contributed by atoms with Crippen LogP contribution < -0.4 is 10.1 Å². The first-order chi connectivity index (χ1) is 17.2. The summed E-state index contributed by atoms with van der Waals surface area (Å²) >= 11 is 0. The number of carbonyl (C=O) groups is 1. The molecule has 190 valence electrons. The molecule has 0 bridgehead atoms. The van der Waals surface area contributed by atoms with E-state index in [4.69, 9.17) is 4.74 Å². The molecular formula is C28H31F2N3O3. The number of methoxy groups -OCH3 is 1. The van der Waals surface area contributed by atoms with Gasteiger partial charge in [-0.15, -0.1) is 0 Å². The van der Waals surface area contributed by atoms with Crippen LogP contribution in [0.5, 0.6) is 5.75 Å². The molecule has 1 fully saturated rings. The number of anilines is 1. The van der Waals surface area contributed by atoms with E-state index in [1.54, 1.807) is 12.0 Å². The van der Waals surface area contributed by atoms with Gasteiger partial charge in [-0.05, 0) is 55.9 Å². The van der Waals surface area contributed by atoms with Crippen molar-refractivity contribution in [2.75, 3.05) is 39.6 Å². The highest BCUT2D eigenvalue weighted by molar-refractivity contribution is 5.89. The lowest BCUT2D eigenvalue weighted by molar-refractivity contribution is -0.102. The minimum atomic E-state index is -1.25. The lowest BCUT2D eigenvalue weighted by Crippen LogP contribution is -2.56. The normalized spacial score (nSPS) is 21.9. The zero-order chi connectivity index (χ0) is 25.9. The number of piperidine rings is 1. The molecule has 0 spiro atoms. The molecular weight excluding hydrogens is 464 g/mol. The SMILES string of the molecule is COc1cccc(C2(O)CCN(C(=O)Nc3ccc(F)c(F)c3)C(c3ccccc3)C2CN(C)C)c1. The van der Waals surface area contributed by atoms with Crippen LogP contribution in [0.4, 0.5) is 19.3 Å². The van der Waals surface area contributed by atoms with Crippen molar-refractivity contribution in [3.05, 3.63) is 95.6 Å². The van der Waals surface area contributed by atoms with Gasteiger partial charge >= 0.3 is 6.03 Å². The molecule has 0 aromatic heterocycles. The van der Waals surface area contributed by atoms with Gasteiger partial charge in [0.15, 0.2) is 11.6 Å². The van der Waals surface area contributed by atoms with Gasteiger partial charge < -0.3 is 25.0 Å². The van der Waals surface area contributed by atoms with Gasteiger partial charge in [0.25, 0.3) is 0 Å². The first-order valence-corrected chi connectivity index (χ1v) is 11.8. The summed E-state index contributed by atoms with van der Waals surface area (Å²) in [5.41, 5.74) is 0.488. The lowest BCUT2D eigenvalue weighted by atomic mass is 9.69. The second-order valence-corrected chi connectivity index (χ2v) is 9.38. The molecule has 2 amide bonds. The second-order valence-electron chi connectivity index (χ2n) is 9.38. The van der Waals surface area contributed by atoms with Gasteiger partial charge in [-0.25, -0.2) is 13.6 Å². The van der Waals surface area contributed by atoms with E-state index in [2.05, 4.69) is 5.32 Å². The third kappa shape index (κ3) is 5.20. The number of hydrogen-bond acceptors (Lipinski definition) is 4. The predicted molar refractivity (Wildman–Crippen MR) is 135 cm³/mol. The van der Waals surface area contributed by atoms with Gasteiger partial charge in [-0.3, -0.25) is 0 Å². The number of likely N-dealkylation sites (tertiary alicyclic amines) is 1. The Kier molecular flexibility index (Phi) is 7.56. The van der Waals surface area contributed by atoms with Crippen LogP contribution in [0.1, 0.15) is 23.6 Å². The molecule has 0 saturated carbocycles. The number of benzene rings is 3. The van der Waals surface area contributed by atoms with Gasteiger partial charge in [0.1, 0.15) is 5.75 Å². The Hall–Kier alpha value is -3.49. The Morgan fingerprint density at radius 2 is 1.83 bits per heavy atom. The average Bonchev–Trinajstić information content (AvgIpc) is 2.87. The molecule has 3 aromatic rings. The average molecular weight is 496 g/mol. The molecule has 0 radical (unpaired) electrons. The Labute approximate surface area is 210 Å². The first kappa shape index (κ1) is 25.6. The van der Waals surface area contributed by atoms with Crippen LogP contribution in [0.3, 0.4) is 0 Å². The van der Waals surface area contributed by atoms with E-state index < -0.39 is 35.2 Å². The summed E-state index contributed by atoms with van der Waals surface area (Å²) in [5.74, 6) is -1.79. The van der Waals surface area contributed by atoms with E-state index in [0.717, 1.165) is 23.3 Å². The van der Waals surface area contributed by atoms with Gasteiger partial charge in [-0.2, -0.15) is 0 Å². The van der Waals surface area contributed by atoms with Crippen LogP contribution in [0.2, 0.25) is 0 Å². The fraction of sp³-hybridized carbons (Fsp3) is 0.321. The summed E-state index contributed by atoms with van der Waals surface area (Å²) in [5, 5.41) is 14.9. The van der Waals surface area contributed by atoms with E-state index in [0.29, 0.717) is 12.3 Å². The van der Waals surface area contributed by atoms with Crippen LogP contribution in [0.15, 0.2) is 72.8 Å². The van der Waals surface area contributed by atoms with Crippen molar-refractivity contribution in [3.8, 4) is 5.75 Å². The fourth-order valence-electron chi connectivity index (χ4n) is 5.05. The maximum Gasteiger partial charge on any atom is 0.322 e. The number of carbonyl (C=O) groups excluding carboxylic acids is 1. The second kappa shape index (κ2) is 10.6. The largest absolute Gasteiger partial charge is 0.497 e. The smallest absolute Gasteiger partial charge is 0.322 e. The molecule has 3 aromatic carbocycles. The van der Waals surface area contributed by atoms with Crippen LogP contribution >= 0.6 is 0 Å². The molecule has 4 rings (SSSR count). The minimum absolute atomic E-state index is 0.156. The highest BCUT2D eigenvalue weighted by Crippen LogP contribution is 2.48. The maximum atomic E-state index is 13.8. The van der Waals surface area contributed by atoms with E-state index in [1.807, 2.05) is 73.6 Å². The molecule has 3 unspecified atom stereocenters. The minimum Gasteiger partial charge on any atom is -0.497 e. The topological polar surface area (TPSA) is 65.0 Å². The number of urea groups is 1. The highest BCUT2D eigenvalue weighted by atomic mass is 19.2. The standard InChI is InChI=1S/C28H31F2N3O3/c1-32(2)18-23-26(19-8-5-4-6-9-19)33(27(34)31-21-12-13-24(29)25(30)17-21)15-14-28(23,35)20-10-7-11-22(16-20)36-3/h4-13,16-17,23,26,35H,14-15,18H2,1-3H3,(H,31,34). The Balaban J connectivity index is 1.76. The number of hydrogen-bond donors (Lipinski definition) is 2. The van der Waals surface area contributed by atoms with Crippen molar-refractivity contribution in [2.24, 2.45) is 5.92 Å². The first-order valence-electron chi connectivity index (χ1n) is 11.8. The number of nitrogens with zero attached hydrogens (tertiary/aromatic N) is 2. The third-order valence-electron chi connectivity index (χ3n) is 6.77. The summed E-state index contributed by atoms with van der Waals surface area (Å²) < 4.78 is 32.6. The zero-order valence-corrected chi connectivity index (χ0v) is 20.6. The van der Waals surface area contributed by atoms with Crippen molar-refractivity contribution < 1.29 is 23.4 Å². The van der Waals surface area contributed by atoms with E-state index in [9.17, 15) is 18.7 Å². The summed E-state index contributed by atoms with van der Waals surface area (Å²) in [6.07, 6.45) is 0.285. The predicted octanol–water partition coefficient (Wildman–Crippen LogP) is 5.02. The molecule has 36 heavy (non-hydrogen) atoms. The Bertz CT molecular complexity index is 1210. The molecule has 1 aliphatic rings. The van der Waals surface area contributed by atoms with E-state index in [1.165, 1.54) is 6.07 Å². The monoisotopic (exact) mass is 495 g/mol. The molecule has 6 nitrogen and oxygen atoms in total. The highest BCUT2D eigenvalue weighted by Gasteiger charge is 2.50. The summed E-state index contributed by atoms with van der Waals surface area (Å²) in [6.45, 7) is 0.731. The van der Waals surface area contributed by atoms with E-state index >= 15 is 0 Å². The van der Waals surface area contributed by atoms with Gasteiger partial charge in [0, 0.05) is 30.8 Å². The molecule has 2 N–H and O–H groups in total. The summed E-state index contributed by atoms with van der Waals surface area (Å²) in [4.78, 5) is 17.2. The van der Waals surface area contributed by atoms with Crippen LogP contribution in [0, 0.1) is 17.6 Å². The van der Waals surface area contributed by atoms with Crippen LogP contribution in [-0.2, 0) is 5.60 Å². The third-order valence-corrected chi connectivity index (χ3v) is 6.77. The lowest BCUT2D eigenvalue weighted by Gasteiger charge is -2.51. The van der Waals surface area contributed by atoms with Crippen molar-refractivity contribution in [2.45, 2.75) is 18.1 Å². The Morgan fingerprint density at radius 1 is 1.08 bits per heavy atom. The van der Waals surface area contributed by atoms with Crippen molar-refractivity contribution in [1.29, 1.82) is 0 Å². The maximum absolute atomic E-state index is 13.8. The number of aliphatic hydroxyl groups is 1. The number of amides is 2. The zero-order valence-electron chi connectivity index (χ0n) is 20.6. The van der Waals surface area contributed by atoms with Crippen molar-refractivity contribution in [3.63, 3.8) is 0 Å². The van der Waals surface area contributed by atoms with Crippen LogP contribution in [0.25, 0.3) is 0 Å². The molecule has 0 aliphatic carbocycles. The Morgan fingerprint density at radius 3 is 2.50 bits per heavy atom. The molecule has 3 atom stereocenters. The van der Waals surface area contributed by atoms with Crippen molar-refractivity contribution in [1.82, 2.24) is 9.80 Å². The van der Waals surface area contributed by atoms with Crippen LogP contribution in [-0.4, -0.2) is 55.2 Å². The van der Waals surface area contributed by atoms with Gasteiger partial charge in [0.2, 0.25) is 0 Å². The molecule has 1 saturated heterocycles. The quantitative estimate of drug-likeness (QED) is 0.504. The van der Waals surface area contributed by atoms with E-state index in [-0.39, 0.29) is 18.7 Å². The van der Waals surface area contributed by atoms with Crippen molar-refractivity contribution >= 4 is 11.7 Å². The molecule has 8 heteroatoms. The fourth-order valence-corrected chi connectivity index (χ4v) is 5.05. The number of ether oxygens (including phenoxy) is 1. The van der Waals surface area contributed by atoms with Gasteiger partial charge in [0.05, 0.1) is 18.8 Å². The molecule has 1 aliphatic heterocycles. The van der Waals surface area contributed by atoms with Gasteiger partial charge in [-0.1, -0.05) is 42.5 Å². The summed E-state index contributed by atoms with van der Waals surface area (Å²) in [6, 6.07) is 19.2.